The lowest BCUT2D eigenvalue weighted by Gasteiger charge is -2.47. The van der Waals surface area contributed by atoms with E-state index in [4.69, 9.17) is 0 Å². The molecular formula is C24H27F9N4O3. The van der Waals surface area contributed by atoms with Gasteiger partial charge in [-0.15, -0.1) is 0 Å². The summed E-state index contributed by atoms with van der Waals surface area (Å²) in [6.45, 7) is 3.23. The molecule has 0 aliphatic carbocycles. The maximum absolute atomic E-state index is 13.5. The van der Waals surface area contributed by atoms with Crippen molar-refractivity contribution in [1.29, 1.82) is 0 Å². The average molecular weight is 590 g/mol. The number of likely N-dealkylation sites (tertiary alicyclic amines) is 1. The van der Waals surface area contributed by atoms with Crippen LogP contribution in [0.25, 0.3) is 0 Å². The summed E-state index contributed by atoms with van der Waals surface area (Å²) in [6.07, 6.45) is -21.5. The fraction of sp³-hybridized carbons (Fsp3) is 0.667. The van der Waals surface area contributed by atoms with Gasteiger partial charge in [0.15, 0.2) is 0 Å². The van der Waals surface area contributed by atoms with Crippen LogP contribution in [0.4, 0.5) is 50.0 Å². The number of rotatable bonds is 4. The number of amides is 2. The number of hydrogen-bond acceptors (Lipinski definition) is 5. The predicted molar refractivity (Wildman–Crippen MR) is 122 cm³/mol. The van der Waals surface area contributed by atoms with E-state index < -0.39 is 36.3 Å². The van der Waals surface area contributed by atoms with Crippen LogP contribution in [0.1, 0.15) is 24.5 Å². The maximum Gasteiger partial charge on any atom is 0.434 e. The molecule has 224 valence electrons. The molecule has 3 fully saturated rings. The lowest BCUT2D eigenvalue weighted by atomic mass is 9.79. The van der Waals surface area contributed by atoms with E-state index >= 15 is 0 Å². The molecule has 3 saturated heterocycles. The molecule has 4 rings (SSSR count). The van der Waals surface area contributed by atoms with Gasteiger partial charge in [-0.3, -0.25) is 9.69 Å². The second-order valence-corrected chi connectivity index (χ2v) is 10.5. The summed E-state index contributed by atoms with van der Waals surface area (Å²) < 4.78 is 121. The Kier molecular flexibility index (Phi) is 7.88. The third kappa shape index (κ3) is 6.52. The summed E-state index contributed by atoms with van der Waals surface area (Å²) in [4.78, 5) is 29.6. The molecule has 1 aromatic rings. The number of carbonyl (C=O) groups excluding carboxylic acids is 2. The van der Waals surface area contributed by atoms with Crippen LogP contribution in [-0.2, 0) is 22.3 Å². The number of nitrogens with zero attached hydrogens (tertiary/aromatic N) is 4. The molecule has 1 spiro atoms. The van der Waals surface area contributed by atoms with Gasteiger partial charge in [-0.1, -0.05) is 6.07 Å². The van der Waals surface area contributed by atoms with E-state index in [-0.39, 0.29) is 44.0 Å². The van der Waals surface area contributed by atoms with Gasteiger partial charge in [-0.2, -0.15) is 39.5 Å². The first-order chi connectivity index (χ1) is 18.4. The van der Waals surface area contributed by atoms with Crippen molar-refractivity contribution in [3.63, 3.8) is 0 Å². The second kappa shape index (κ2) is 10.5. The fourth-order valence-electron chi connectivity index (χ4n) is 5.38. The van der Waals surface area contributed by atoms with E-state index in [1.54, 1.807) is 9.80 Å². The molecule has 40 heavy (non-hydrogen) atoms. The lowest BCUT2D eigenvalue weighted by Crippen LogP contribution is -2.59. The van der Waals surface area contributed by atoms with E-state index in [0.717, 1.165) is 17.0 Å². The highest BCUT2D eigenvalue weighted by molar-refractivity contribution is 5.74. The number of hydrogen-bond donors (Lipinski definition) is 0. The third-order valence-electron chi connectivity index (χ3n) is 7.53. The summed E-state index contributed by atoms with van der Waals surface area (Å²) >= 11 is 0. The van der Waals surface area contributed by atoms with Crippen LogP contribution in [0, 0.1) is 5.41 Å². The molecule has 0 N–H and O–H groups in total. The summed E-state index contributed by atoms with van der Waals surface area (Å²) in [6, 6.07) is 3.37. The topological polar surface area (TPSA) is 56.3 Å². The number of anilines is 1. The Morgan fingerprint density at radius 3 is 2.00 bits per heavy atom. The van der Waals surface area contributed by atoms with E-state index in [9.17, 15) is 49.1 Å². The minimum atomic E-state index is -5.83. The monoisotopic (exact) mass is 590 g/mol. The number of piperazine rings is 1. The Labute approximate surface area is 223 Å². The number of benzene rings is 1. The van der Waals surface area contributed by atoms with E-state index in [2.05, 4.69) is 4.74 Å². The molecular weight excluding hydrogens is 563 g/mol. The zero-order valence-electron chi connectivity index (χ0n) is 21.3. The molecule has 0 radical (unpaired) electrons. The molecule has 3 heterocycles. The van der Waals surface area contributed by atoms with Gasteiger partial charge >= 0.3 is 24.6 Å². The average Bonchev–Trinajstić information content (AvgIpc) is 3.26. The normalized spacial score (nSPS) is 20.3. The van der Waals surface area contributed by atoms with Crippen LogP contribution < -0.4 is 4.90 Å². The molecule has 2 amide bonds. The van der Waals surface area contributed by atoms with Gasteiger partial charge in [0.1, 0.15) is 0 Å². The summed E-state index contributed by atoms with van der Waals surface area (Å²) in [5, 5.41) is 0. The largest absolute Gasteiger partial charge is 0.434 e. The number of carbonyl (C=O) groups is 2. The summed E-state index contributed by atoms with van der Waals surface area (Å²) in [5.41, 5.74) is -0.109. The first-order valence-corrected chi connectivity index (χ1v) is 12.4. The van der Waals surface area contributed by atoms with Gasteiger partial charge in [0.05, 0.1) is 5.56 Å². The number of alkyl halides is 9. The van der Waals surface area contributed by atoms with Crippen LogP contribution in [0.2, 0.25) is 0 Å². The smallest absolute Gasteiger partial charge is 0.426 e. The zero-order chi connectivity index (χ0) is 29.7. The van der Waals surface area contributed by atoms with Crippen LogP contribution in [0.15, 0.2) is 18.2 Å². The van der Waals surface area contributed by atoms with Crippen molar-refractivity contribution in [3.05, 3.63) is 29.3 Å². The van der Waals surface area contributed by atoms with Gasteiger partial charge < -0.3 is 19.4 Å². The van der Waals surface area contributed by atoms with Crippen molar-refractivity contribution >= 4 is 17.7 Å². The molecule has 1 aromatic carbocycles. The summed E-state index contributed by atoms with van der Waals surface area (Å²) in [7, 11) is 0. The van der Waals surface area contributed by atoms with Crippen LogP contribution in [0.5, 0.6) is 0 Å². The Morgan fingerprint density at radius 1 is 0.875 bits per heavy atom. The molecule has 0 bridgehead atoms. The molecule has 3 aliphatic heterocycles. The Morgan fingerprint density at radius 2 is 1.48 bits per heavy atom. The molecule has 7 nitrogen and oxygen atoms in total. The van der Waals surface area contributed by atoms with Crippen LogP contribution in [-0.4, -0.2) is 97.5 Å². The van der Waals surface area contributed by atoms with Crippen molar-refractivity contribution in [3.8, 4) is 0 Å². The molecule has 3 aliphatic rings. The van der Waals surface area contributed by atoms with Gasteiger partial charge in [0, 0.05) is 76.9 Å². The minimum absolute atomic E-state index is 0.0514. The first kappa shape index (κ1) is 30.1. The molecule has 0 saturated carbocycles. The van der Waals surface area contributed by atoms with E-state index in [1.807, 2.05) is 4.90 Å². The van der Waals surface area contributed by atoms with Crippen molar-refractivity contribution in [2.24, 2.45) is 5.41 Å². The molecule has 16 heteroatoms. The Bertz CT molecular complexity index is 1090. The SMILES string of the molecule is CC(=O)N1CC2(CCN(c3cc(C(F)(F)F)ccc3CN3CCN(C(=O)OC(C(F)(F)F)C(F)(F)F)CC3)C2)C1. The van der Waals surface area contributed by atoms with Crippen molar-refractivity contribution in [1.82, 2.24) is 14.7 Å². The van der Waals surface area contributed by atoms with Crippen LogP contribution in [0.3, 0.4) is 0 Å². The standard InChI is InChI=1S/C24H27F9N4O3/c1-15(38)37-13-21(14-37)4-5-36(12-21)18-10-17(22(25,26)27)3-2-16(18)11-34-6-8-35(9-7-34)20(39)40-19(23(28,29)30)24(31,32)33/h2-3,10,19H,4-9,11-14H2,1H3. The van der Waals surface area contributed by atoms with Crippen molar-refractivity contribution < 1.29 is 53.8 Å². The Hall–Kier alpha value is -2.91. The van der Waals surface area contributed by atoms with Gasteiger partial charge in [-0.25, -0.2) is 4.79 Å². The van der Waals surface area contributed by atoms with Gasteiger partial charge in [0.25, 0.3) is 6.10 Å². The second-order valence-electron chi connectivity index (χ2n) is 10.5. The third-order valence-corrected chi connectivity index (χ3v) is 7.53. The Balaban J connectivity index is 1.42. The zero-order valence-corrected chi connectivity index (χ0v) is 21.3. The lowest BCUT2D eigenvalue weighted by molar-refractivity contribution is -0.308. The molecule has 0 aromatic heterocycles. The van der Waals surface area contributed by atoms with Gasteiger partial charge in [0.2, 0.25) is 5.91 Å². The van der Waals surface area contributed by atoms with Crippen LogP contribution >= 0.6 is 0 Å². The minimum Gasteiger partial charge on any atom is -0.426 e. The maximum atomic E-state index is 13.5. The van der Waals surface area contributed by atoms with E-state index in [1.165, 1.54) is 13.0 Å². The quantitative estimate of drug-likeness (QED) is 0.484. The number of halogens is 9. The highest BCUT2D eigenvalue weighted by Crippen LogP contribution is 2.43. The molecule has 0 unspecified atom stereocenters. The first-order valence-electron chi connectivity index (χ1n) is 12.4. The van der Waals surface area contributed by atoms with E-state index in [0.29, 0.717) is 43.9 Å². The highest BCUT2D eigenvalue weighted by atomic mass is 19.4. The fourth-order valence-corrected chi connectivity index (χ4v) is 5.38. The van der Waals surface area contributed by atoms with Crippen molar-refractivity contribution in [2.75, 3.05) is 57.3 Å². The summed E-state index contributed by atoms with van der Waals surface area (Å²) in [5.74, 6) is -0.0702. The predicted octanol–water partition coefficient (Wildman–Crippen LogP) is 4.51. The van der Waals surface area contributed by atoms with Crippen molar-refractivity contribution in [2.45, 2.75) is 44.5 Å². The number of ether oxygens (including phenoxy) is 1. The highest BCUT2D eigenvalue weighted by Gasteiger charge is 2.60. The molecule has 0 atom stereocenters. The van der Waals surface area contributed by atoms with Gasteiger partial charge in [-0.05, 0) is 24.1 Å².